The molecule has 0 aromatic rings. The maximum absolute atomic E-state index is 10.3. The van der Waals surface area contributed by atoms with Gasteiger partial charge < -0.3 is 6.15 Å². The van der Waals surface area contributed by atoms with E-state index in [1.54, 1.807) is 0 Å². The van der Waals surface area contributed by atoms with Crippen LogP contribution < -0.4 is 6.15 Å². The van der Waals surface area contributed by atoms with E-state index in [1.165, 1.54) is 0 Å². The molecule has 0 amide bonds. The van der Waals surface area contributed by atoms with Crippen LogP contribution in [0.25, 0.3) is 0 Å². The Morgan fingerprint density at radius 2 is 0.933 bits per heavy atom. The van der Waals surface area contributed by atoms with Crippen molar-refractivity contribution in [3.8, 4) is 0 Å². The van der Waals surface area contributed by atoms with Crippen LogP contribution in [-0.4, -0.2) is 7.52 Å². The first-order chi connectivity index (χ1) is 5.41. The van der Waals surface area contributed by atoms with E-state index in [1.807, 2.05) is 0 Å². The van der Waals surface area contributed by atoms with Crippen molar-refractivity contribution in [1.29, 1.82) is 0 Å². The second-order valence-electron chi connectivity index (χ2n) is 1.40. The van der Waals surface area contributed by atoms with Crippen LogP contribution in [0.3, 0.4) is 0 Å². The normalized spacial score (nSPS) is 12.4. The van der Waals surface area contributed by atoms with Gasteiger partial charge in [0.1, 0.15) is 0 Å². The molecule has 15 heteroatoms. The van der Waals surface area contributed by atoms with Gasteiger partial charge in [-0.15, -0.1) is 0 Å². The van der Waals surface area contributed by atoms with Gasteiger partial charge in [0, 0.05) is 41.7 Å². The Morgan fingerprint density at radius 3 is 1.07 bits per heavy atom. The van der Waals surface area contributed by atoms with Gasteiger partial charge in [-0.3, -0.25) is 0 Å². The van der Waals surface area contributed by atoms with Crippen molar-refractivity contribution >= 4 is 0 Å². The molecule has 0 aliphatic rings. The molecule has 0 aromatic heterocycles. The average molecular weight is 871 g/mol. The van der Waals surface area contributed by atoms with Crippen LogP contribution in [0.5, 0.6) is 0 Å². The van der Waals surface area contributed by atoms with Gasteiger partial charge in [-0.1, -0.05) is 0 Å². The number of rotatable bonds is 4. The first kappa shape index (κ1) is 22.2. The van der Waals surface area contributed by atoms with E-state index in [2.05, 4.69) is 4.09 Å². The van der Waals surface area contributed by atoms with E-state index in [0.717, 1.165) is 0 Å². The molecule has 5 N–H and O–H groups in total. The summed E-state index contributed by atoms with van der Waals surface area (Å²) in [6.07, 6.45) is 0. The third kappa shape index (κ3) is 16.0. The van der Waals surface area contributed by atoms with Crippen molar-refractivity contribution < 1.29 is 124 Å². The fraction of sp³-hybridized carbons (Fsp3) is 0. The first-order valence-corrected chi connectivity index (χ1v) is 16.6. The molecule has 0 atom stereocenters. The van der Waals surface area contributed by atoms with E-state index in [9.17, 15) is 20.4 Å². The zero-order chi connectivity index (χ0) is 10.9. The summed E-state index contributed by atoms with van der Waals surface area (Å²) in [4.78, 5) is 0. The molecule has 0 saturated carbocycles. The first-order valence-electron chi connectivity index (χ1n) is 2.03. The zero-order valence-corrected chi connectivity index (χ0v) is 18.5. The molecule has 0 saturated heterocycles. The summed E-state index contributed by atoms with van der Waals surface area (Å²) < 4.78 is 82.2. The van der Waals surface area contributed by atoms with Crippen LogP contribution in [0.2, 0.25) is 0 Å². The molecule has 15 heavy (non-hydrogen) atoms. The number of hydrogen-bond acceptors (Lipinski definition) is 9. The third-order valence-electron chi connectivity index (χ3n) is 0.339. The molecule has 0 spiro atoms. The molecular weight excluding hydrogens is 866 g/mol. The molecular formula is H5CeNO10W3. The van der Waals surface area contributed by atoms with Gasteiger partial charge in [0.2, 0.25) is 0 Å². The molecule has 92 valence electrons. The maximum atomic E-state index is 10.3. The quantitative estimate of drug-likeness (QED) is 0.288. The summed E-state index contributed by atoms with van der Waals surface area (Å²) in [5.74, 6) is 0. The van der Waals surface area contributed by atoms with Crippen molar-refractivity contribution in [2.75, 3.05) is 0 Å². The molecule has 11 nitrogen and oxygen atoms in total. The van der Waals surface area contributed by atoms with Crippen LogP contribution in [0.15, 0.2) is 0 Å². The molecule has 0 heterocycles. The van der Waals surface area contributed by atoms with E-state index in [-0.39, 0.29) is 47.9 Å². The predicted molar refractivity (Wildman–Crippen MR) is 15.7 cm³/mol. The molecule has 0 aliphatic carbocycles. The Labute approximate surface area is 128 Å². The second kappa shape index (κ2) is 7.47. The standard InChI is InChI=1S/Ce.H3N.2H2O.8O.3W/h;1H3;2*1H2;;;;;;;;;;;/q;;;;;;;;;;;;;2*+1/p-2. The van der Waals surface area contributed by atoms with Crippen LogP contribution in [0, 0.1) is 41.7 Å². The van der Waals surface area contributed by atoms with Crippen LogP contribution in [0.1, 0.15) is 0 Å². The third-order valence-corrected chi connectivity index (χ3v) is 22.7. The zero-order valence-electron chi connectivity index (χ0n) is 6.59. The summed E-state index contributed by atoms with van der Waals surface area (Å²) in [5, 5.41) is 0. The summed E-state index contributed by atoms with van der Waals surface area (Å²) in [5.41, 5.74) is 0. The van der Waals surface area contributed by atoms with Gasteiger partial charge in [-0.05, 0) is 0 Å². The minimum absolute atomic E-state index is 0. The van der Waals surface area contributed by atoms with Crippen molar-refractivity contribution in [1.82, 2.24) is 6.15 Å². The van der Waals surface area contributed by atoms with Crippen molar-refractivity contribution in [2.45, 2.75) is 0 Å². The molecule has 0 bridgehead atoms. The summed E-state index contributed by atoms with van der Waals surface area (Å²) in [7, 11) is 0. The Morgan fingerprint density at radius 1 is 0.733 bits per heavy atom. The van der Waals surface area contributed by atoms with E-state index in [4.69, 9.17) is 7.52 Å². The topological polar surface area (TPSA) is 196 Å². The fourth-order valence-corrected chi connectivity index (χ4v) is 20.3. The molecule has 0 unspecified atom stereocenters. The van der Waals surface area contributed by atoms with Crippen molar-refractivity contribution in [3.05, 3.63) is 0 Å². The summed E-state index contributed by atoms with van der Waals surface area (Å²) >= 11 is -19.9. The molecule has 0 rings (SSSR count). The molecule has 0 aromatic carbocycles. The fourth-order valence-electron chi connectivity index (χ4n) is 0.222. The van der Waals surface area contributed by atoms with Crippen LogP contribution in [-0.2, 0) is 74.7 Å². The Balaban J connectivity index is -0.000000720. The summed E-state index contributed by atoms with van der Waals surface area (Å²) in [6.45, 7) is 0. The van der Waals surface area contributed by atoms with Gasteiger partial charge in [0.15, 0.2) is 0 Å². The summed E-state index contributed by atoms with van der Waals surface area (Å²) in [6, 6.07) is 0. The molecule has 0 aliphatic heterocycles. The van der Waals surface area contributed by atoms with Crippen LogP contribution in [0.4, 0.5) is 0 Å². The Hall–Kier alpha value is 2.04. The van der Waals surface area contributed by atoms with E-state index >= 15 is 0 Å². The van der Waals surface area contributed by atoms with Gasteiger partial charge in [-0.2, -0.15) is 0 Å². The van der Waals surface area contributed by atoms with E-state index < -0.39 is 50.2 Å². The average Bonchev–Trinajstić information content (AvgIpc) is 1.43. The SMILES string of the molecule is N.[Ce].[O]=[W](=[O])([OH])[O][W](=[O])(=[O])[O][W](=[O])(=[O])[OH]. The van der Waals surface area contributed by atoms with E-state index in [0.29, 0.717) is 0 Å². The van der Waals surface area contributed by atoms with Crippen molar-refractivity contribution in [2.24, 2.45) is 0 Å². The second-order valence-corrected chi connectivity index (χ2v) is 19.5. The monoisotopic (exact) mass is 871 g/mol. The minimum atomic E-state index is -6.76. The van der Waals surface area contributed by atoms with Gasteiger partial charge in [0.25, 0.3) is 0 Å². The van der Waals surface area contributed by atoms with Gasteiger partial charge in [-0.25, -0.2) is 0 Å². The van der Waals surface area contributed by atoms with Crippen LogP contribution >= 0.6 is 0 Å². The predicted octanol–water partition coefficient (Wildman–Crippen LogP) is -1.81. The molecule has 0 radical (unpaired) electrons. The Kier molecular flexibility index (Phi) is 11.1. The molecule has 0 fully saturated rings. The van der Waals surface area contributed by atoms with Gasteiger partial charge >= 0.3 is 82.2 Å². The number of hydrogen-bond donors (Lipinski definition) is 3. The van der Waals surface area contributed by atoms with Crippen molar-refractivity contribution in [3.63, 3.8) is 0 Å². The Bertz CT molecular complexity index is 425. The van der Waals surface area contributed by atoms with Gasteiger partial charge in [0.05, 0.1) is 0 Å².